The highest BCUT2D eigenvalue weighted by Gasteiger charge is 2.25. The second-order valence-electron chi connectivity index (χ2n) is 7.20. The maximum Gasteiger partial charge on any atom is 0.255 e. The molecule has 0 aliphatic carbocycles. The van der Waals surface area contributed by atoms with Crippen molar-refractivity contribution in [3.8, 4) is 5.88 Å². The Labute approximate surface area is 158 Å². The third-order valence-corrected chi connectivity index (χ3v) is 5.40. The van der Waals surface area contributed by atoms with Crippen molar-refractivity contribution in [2.45, 2.75) is 26.7 Å². The number of hydrogen-bond acceptors (Lipinski definition) is 4. The Hall–Kier alpha value is -2.89. The van der Waals surface area contributed by atoms with Gasteiger partial charge < -0.3 is 14.0 Å². The second kappa shape index (κ2) is 7.39. The zero-order chi connectivity index (χ0) is 18.8. The van der Waals surface area contributed by atoms with Gasteiger partial charge in [0.05, 0.1) is 12.2 Å². The number of rotatable bonds is 4. The van der Waals surface area contributed by atoms with Crippen LogP contribution in [-0.4, -0.2) is 44.9 Å². The summed E-state index contributed by atoms with van der Waals surface area (Å²) in [5.41, 5.74) is 3.73. The molecule has 1 saturated heterocycles. The van der Waals surface area contributed by atoms with Crippen LogP contribution < -0.4 is 4.74 Å². The zero-order valence-electron chi connectivity index (χ0n) is 15.8. The molecule has 0 aromatic carbocycles. The smallest absolute Gasteiger partial charge is 0.255 e. The van der Waals surface area contributed by atoms with Gasteiger partial charge in [-0.05, 0) is 50.8 Å². The van der Waals surface area contributed by atoms with Gasteiger partial charge in [-0.15, -0.1) is 0 Å². The minimum atomic E-state index is 0.111. The van der Waals surface area contributed by atoms with Crippen LogP contribution in [0.5, 0.6) is 5.88 Å². The Morgan fingerprint density at radius 3 is 2.81 bits per heavy atom. The number of aromatic nitrogens is 3. The topological polar surface area (TPSA) is 59.7 Å². The summed E-state index contributed by atoms with van der Waals surface area (Å²) in [5.74, 6) is 1.22. The number of pyridine rings is 1. The Bertz CT molecular complexity index is 925. The molecule has 0 bridgehead atoms. The normalized spacial score (nSPS) is 15.3. The molecule has 0 atom stereocenters. The van der Waals surface area contributed by atoms with Crippen LogP contribution in [0, 0.1) is 19.8 Å². The fourth-order valence-corrected chi connectivity index (χ4v) is 3.52. The summed E-state index contributed by atoms with van der Waals surface area (Å²) in [4.78, 5) is 23.1. The number of nitrogens with zero attached hydrogens (tertiary/aromatic N) is 4. The second-order valence-corrected chi connectivity index (χ2v) is 7.20. The van der Waals surface area contributed by atoms with E-state index < -0.39 is 0 Å². The number of amides is 1. The fourth-order valence-electron chi connectivity index (χ4n) is 3.52. The van der Waals surface area contributed by atoms with Crippen molar-refractivity contribution in [2.75, 3.05) is 19.7 Å². The standard InChI is InChI=1S/C21H24N4O2/c1-15-16(2)22-14-23-20(15)27-13-17-6-9-24(10-7-17)21(26)18-11-19-5-3-4-8-25(19)12-18/h3-5,8,11-12,14,17H,6-7,9-10,13H2,1-2H3. The Kier molecular flexibility index (Phi) is 4.79. The van der Waals surface area contributed by atoms with E-state index in [1.165, 1.54) is 0 Å². The van der Waals surface area contributed by atoms with Gasteiger partial charge in [0.25, 0.3) is 5.91 Å². The van der Waals surface area contributed by atoms with E-state index >= 15 is 0 Å². The van der Waals surface area contributed by atoms with Gasteiger partial charge in [0, 0.05) is 42.3 Å². The first-order valence-electron chi connectivity index (χ1n) is 9.39. The molecule has 1 fully saturated rings. The molecular weight excluding hydrogens is 340 g/mol. The van der Waals surface area contributed by atoms with E-state index in [2.05, 4.69) is 9.97 Å². The largest absolute Gasteiger partial charge is 0.477 e. The first kappa shape index (κ1) is 17.5. The van der Waals surface area contributed by atoms with Crippen molar-refractivity contribution >= 4 is 11.4 Å². The molecule has 27 heavy (non-hydrogen) atoms. The van der Waals surface area contributed by atoms with Crippen molar-refractivity contribution in [3.05, 3.63) is 59.8 Å². The summed E-state index contributed by atoms with van der Waals surface area (Å²) in [6, 6.07) is 7.92. The van der Waals surface area contributed by atoms with E-state index in [0.717, 1.165) is 48.3 Å². The van der Waals surface area contributed by atoms with Crippen LogP contribution in [0.1, 0.15) is 34.5 Å². The molecule has 6 heteroatoms. The van der Waals surface area contributed by atoms with Crippen LogP contribution >= 0.6 is 0 Å². The van der Waals surface area contributed by atoms with Gasteiger partial charge >= 0.3 is 0 Å². The number of hydrogen-bond donors (Lipinski definition) is 0. The molecule has 0 unspecified atom stereocenters. The van der Waals surface area contributed by atoms with E-state index in [1.54, 1.807) is 6.33 Å². The van der Waals surface area contributed by atoms with Crippen LogP contribution in [0.4, 0.5) is 0 Å². The zero-order valence-corrected chi connectivity index (χ0v) is 15.8. The fraction of sp³-hybridized carbons (Fsp3) is 0.381. The average molecular weight is 364 g/mol. The summed E-state index contributed by atoms with van der Waals surface area (Å²) in [6.07, 6.45) is 7.31. The minimum absolute atomic E-state index is 0.111. The quantitative estimate of drug-likeness (QED) is 0.713. The Balaban J connectivity index is 1.33. The highest BCUT2D eigenvalue weighted by Crippen LogP contribution is 2.22. The predicted octanol–water partition coefficient (Wildman–Crippen LogP) is 3.28. The lowest BCUT2D eigenvalue weighted by molar-refractivity contribution is 0.0659. The molecule has 1 aliphatic heterocycles. The number of likely N-dealkylation sites (tertiary alicyclic amines) is 1. The number of carbonyl (C=O) groups is 1. The Morgan fingerprint density at radius 1 is 1.22 bits per heavy atom. The highest BCUT2D eigenvalue weighted by molar-refractivity contribution is 5.95. The molecule has 3 aromatic heterocycles. The lowest BCUT2D eigenvalue weighted by Crippen LogP contribution is -2.39. The summed E-state index contributed by atoms with van der Waals surface area (Å²) in [6.45, 7) is 6.10. The van der Waals surface area contributed by atoms with E-state index in [0.29, 0.717) is 18.4 Å². The van der Waals surface area contributed by atoms with E-state index in [-0.39, 0.29) is 5.91 Å². The number of ether oxygens (including phenoxy) is 1. The molecule has 3 aromatic rings. The molecular formula is C21H24N4O2. The van der Waals surface area contributed by atoms with Crippen LogP contribution in [0.25, 0.3) is 5.52 Å². The van der Waals surface area contributed by atoms with Crippen molar-refractivity contribution in [2.24, 2.45) is 5.92 Å². The van der Waals surface area contributed by atoms with Gasteiger partial charge in [0.2, 0.25) is 5.88 Å². The van der Waals surface area contributed by atoms with Crippen LogP contribution in [-0.2, 0) is 0 Å². The van der Waals surface area contributed by atoms with Crippen molar-refractivity contribution < 1.29 is 9.53 Å². The number of carbonyl (C=O) groups excluding carboxylic acids is 1. The summed E-state index contributed by atoms with van der Waals surface area (Å²) in [7, 11) is 0. The maximum atomic E-state index is 12.8. The summed E-state index contributed by atoms with van der Waals surface area (Å²) in [5, 5.41) is 0. The molecule has 1 amide bonds. The molecule has 4 heterocycles. The van der Waals surface area contributed by atoms with Gasteiger partial charge in [-0.2, -0.15) is 0 Å². The molecule has 4 rings (SSSR count). The number of aryl methyl sites for hydroxylation is 1. The molecule has 6 nitrogen and oxygen atoms in total. The van der Waals surface area contributed by atoms with Crippen molar-refractivity contribution in [1.29, 1.82) is 0 Å². The highest BCUT2D eigenvalue weighted by atomic mass is 16.5. The maximum absolute atomic E-state index is 12.8. The summed E-state index contributed by atoms with van der Waals surface area (Å²) >= 11 is 0. The Morgan fingerprint density at radius 2 is 2.04 bits per heavy atom. The minimum Gasteiger partial charge on any atom is -0.477 e. The number of piperidine rings is 1. The third kappa shape index (κ3) is 3.65. The van der Waals surface area contributed by atoms with Crippen molar-refractivity contribution in [1.82, 2.24) is 19.3 Å². The van der Waals surface area contributed by atoms with E-state index in [9.17, 15) is 4.79 Å². The SMILES string of the molecule is Cc1ncnc(OCC2CCN(C(=O)c3cc4ccccn4c3)CC2)c1C. The summed E-state index contributed by atoms with van der Waals surface area (Å²) < 4.78 is 7.91. The van der Waals surface area contributed by atoms with Crippen LogP contribution in [0.3, 0.4) is 0 Å². The predicted molar refractivity (Wildman–Crippen MR) is 103 cm³/mol. The molecule has 0 N–H and O–H groups in total. The van der Waals surface area contributed by atoms with Gasteiger partial charge in [0.1, 0.15) is 6.33 Å². The first-order valence-corrected chi connectivity index (χ1v) is 9.39. The van der Waals surface area contributed by atoms with E-state index in [1.807, 2.05) is 59.8 Å². The van der Waals surface area contributed by atoms with E-state index in [4.69, 9.17) is 4.74 Å². The monoisotopic (exact) mass is 364 g/mol. The lowest BCUT2D eigenvalue weighted by atomic mass is 9.97. The molecule has 140 valence electrons. The van der Waals surface area contributed by atoms with Gasteiger partial charge in [0.15, 0.2) is 0 Å². The van der Waals surface area contributed by atoms with Gasteiger partial charge in [-0.25, -0.2) is 9.97 Å². The first-order chi connectivity index (χ1) is 13.1. The average Bonchev–Trinajstić information content (AvgIpc) is 3.13. The van der Waals surface area contributed by atoms with Crippen LogP contribution in [0.2, 0.25) is 0 Å². The van der Waals surface area contributed by atoms with Gasteiger partial charge in [-0.3, -0.25) is 4.79 Å². The molecule has 0 saturated carbocycles. The molecule has 1 aliphatic rings. The molecule has 0 spiro atoms. The number of fused-ring (bicyclic) bond motifs is 1. The van der Waals surface area contributed by atoms with Crippen molar-refractivity contribution in [3.63, 3.8) is 0 Å². The van der Waals surface area contributed by atoms with Crippen LogP contribution in [0.15, 0.2) is 43.0 Å². The van der Waals surface area contributed by atoms with Gasteiger partial charge in [-0.1, -0.05) is 6.07 Å². The third-order valence-electron chi connectivity index (χ3n) is 5.40. The lowest BCUT2D eigenvalue weighted by Gasteiger charge is -2.31. The molecule has 0 radical (unpaired) electrons.